The summed E-state index contributed by atoms with van der Waals surface area (Å²) in [5.74, 6) is 0. The third kappa shape index (κ3) is 3.02. The van der Waals surface area contributed by atoms with Gasteiger partial charge in [0.05, 0.1) is 17.4 Å². The largest absolute Gasteiger partial charge is 0.433 e. The summed E-state index contributed by atoms with van der Waals surface area (Å²) in [6.07, 6.45) is -8.54. The molecule has 2 aromatic rings. The average Bonchev–Trinajstić information content (AvgIpc) is 2.81. The summed E-state index contributed by atoms with van der Waals surface area (Å²) in [5.41, 5.74) is 2.34. The summed E-state index contributed by atoms with van der Waals surface area (Å²) in [6.45, 7) is -0.423. The molecule has 0 spiro atoms. The van der Waals surface area contributed by atoms with Gasteiger partial charge in [0.25, 0.3) is 0 Å². The fourth-order valence-electron chi connectivity index (χ4n) is 1.84. The number of hydrogen-bond acceptors (Lipinski definition) is 2. The fourth-order valence-corrected chi connectivity index (χ4v) is 1.84. The van der Waals surface area contributed by atoms with E-state index in [1.165, 1.54) is 0 Å². The molecule has 2 rings (SSSR count). The van der Waals surface area contributed by atoms with Crippen molar-refractivity contribution in [1.82, 2.24) is 9.78 Å². The predicted octanol–water partition coefficient (Wildman–Crippen LogP) is 3.37. The van der Waals surface area contributed by atoms with E-state index in [1.54, 1.807) is 0 Å². The van der Waals surface area contributed by atoms with Crippen molar-refractivity contribution in [3.8, 4) is 5.69 Å². The first-order valence-electron chi connectivity index (χ1n) is 5.66. The molecule has 1 aromatic heterocycles. The van der Waals surface area contributed by atoms with Crippen LogP contribution in [0.2, 0.25) is 0 Å². The SMILES string of the molecule is NCc1cnn(-c2cccc(C(F)(F)F)c2)c1C(F)(F)F. The van der Waals surface area contributed by atoms with Crippen molar-refractivity contribution in [3.63, 3.8) is 0 Å². The number of hydrogen-bond donors (Lipinski definition) is 1. The lowest BCUT2D eigenvalue weighted by molar-refractivity contribution is -0.143. The highest BCUT2D eigenvalue weighted by Gasteiger charge is 2.38. The molecular weight excluding hydrogens is 300 g/mol. The maximum absolute atomic E-state index is 13.0. The van der Waals surface area contributed by atoms with Crippen molar-refractivity contribution in [2.24, 2.45) is 5.73 Å². The van der Waals surface area contributed by atoms with Crippen molar-refractivity contribution in [2.75, 3.05) is 0 Å². The maximum Gasteiger partial charge on any atom is 0.433 e. The molecule has 0 aliphatic carbocycles. The fraction of sp³-hybridized carbons (Fsp3) is 0.250. The zero-order valence-electron chi connectivity index (χ0n) is 10.3. The summed E-state index contributed by atoms with van der Waals surface area (Å²) in [6, 6.07) is 3.49. The van der Waals surface area contributed by atoms with E-state index < -0.39 is 30.2 Å². The van der Waals surface area contributed by atoms with Gasteiger partial charge in [-0.25, -0.2) is 4.68 Å². The smallest absolute Gasteiger partial charge is 0.326 e. The lowest BCUT2D eigenvalue weighted by atomic mass is 10.2. The molecule has 0 amide bonds. The maximum atomic E-state index is 13.0. The van der Waals surface area contributed by atoms with Crippen LogP contribution in [0.4, 0.5) is 26.3 Å². The van der Waals surface area contributed by atoms with Gasteiger partial charge in [-0.1, -0.05) is 6.07 Å². The Morgan fingerprint density at radius 3 is 2.24 bits per heavy atom. The van der Waals surface area contributed by atoms with Crippen molar-refractivity contribution in [3.05, 3.63) is 47.3 Å². The second kappa shape index (κ2) is 5.06. The Labute approximate surface area is 115 Å². The van der Waals surface area contributed by atoms with Gasteiger partial charge in [0.2, 0.25) is 0 Å². The Morgan fingerprint density at radius 2 is 1.71 bits per heavy atom. The minimum atomic E-state index is -4.78. The number of aromatic nitrogens is 2. The third-order valence-electron chi connectivity index (χ3n) is 2.75. The monoisotopic (exact) mass is 309 g/mol. The van der Waals surface area contributed by atoms with Crippen LogP contribution < -0.4 is 5.73 Å². The standard InChI is InChI=1S/C12H9F6N3/c13-11(14,15)8-2-1-3-9(4-8)21-10(12(16,17)18)7(5-19)6-20-21/h1-4,6H,5,19H2. The lowest BCUT2D eigenvalue weighted by Gasteiger charge is -2.14. The zero-order chi connectivity index (χ0) is 15.8. The van der Waals surface area contributed by atoms with E-state index in [4.69, 9.17) is 5.73 Å². The second-order valence-electron chi connectivity index (χ2n) is 4.18. The van der Waals surface area contributed by atoms with E-state index in [9.17, 15) is 26.3 Å². The molecule has 0 atom stereocenters. The Hall–Kier alpha value is -2.03. The summed E-state index contributed by atoms with van der Waals surface area (Å²) in [5, 5.41) is 3.50. The normalized spacial score (nSPS) is 12.7. The first-order chi connectivity index (χ1) is 9.64. The number of alkyl halides is 6. The van der Waals surface area contributed by atoms with Gasteiger partial charge < -0.3 is 5.73 Å². The molecule has 0 saturated carbocycles. The molecule has 0 radical (unpaired) electrons. The highest BCUT2D eigenvalue weighted by atomic mass is 19.4. The molecule has 0 bridgehead atoms. The quantitative estimate of drug-likeness (QED) is 0.864. The Balaban J connectivity index is 2.61. The lowest BCUT2D eigenvalue weighted by Crippen LogP contribution is -2.17. The zero-order valence-corrected chi connectivity index (χ0v) is 10.3. The van der Waals surface area contributed by atoms with Crippen molar-refractivity contribution in [1.29, 1.82) is 0 Å². The number of benzene rings is 1. The van der Waals surface area contributed by atoms with Gasteiger partial charge in [-0.05, 0) is 18.2 Å². The number of rotatable bonds is 2. The number of nitrogens with two attached hydrogens (primary N) is 1. The van der Waals surface area contributed by atoms with Gasteiger partial charge in [0.1, 0.15) is 0 Å². The minimum absolute atomic E-state index is 0.292. The molecule has 114 valence electrons. The van der Waals surface area contributed by atoms with Crippen LogP contribution in [0.5, 0.6) is 0 Å². The first kappa shape index (κ1) is 15.4. The predicted molar refractivity (Wildman–Crippen MR) is 61.5 cm³/mol. The molecule has 0 aliphatic rings. The number of halogens is 6. The van der Waals surface area contributed by atoms with Crippen LogP contribution in [-0.2, 0) is 18.9 Å². The van der Waals surface area contributed by atoms with Crippen molar-refractivity contribution in [2.45, 2.75) is 18.9 Å². The van der Waals surface area contributed by atoms with E-state index in [1.807, 2.05) is 0 Å². The Morgan fingerprint density at radius 1 is 1.05 bits per heavy atom. The van der Waals surface area contributed by atoms with Gasteiger partial charge in [-0.3, -0.25) is 0 Å². The summed E-state index contributed by atoms with van der Waals surface area (Å²) >= 11 is 0. The summed E-state index contributed by atoms with van der Waals surface area (Å²) in [4.78, 5) is 0. The van der Waals surface area contributed by atoms with Gasteiger partial charge in [-0.2, -0.15) is 31.4 Å². The Bertz CT molecular complexity index is 641. The van der Waals surface area contributed by atoms with Crippen LogP contribution in [0, 0.1) is 0 Å². The molecule has 2 N–H and O–H groups in total. The summed E-state index contributed by atoms with van der Waals surface area (Å²) < 4.78 is 77.3. The van der Waals surface area contributed by atoms with Gasteiger partial charge in [0.15, 0.2) is 5.69 Å². The molecule has 0 unspecified atom stereocenters. The number of nitrogens with zero attached hydrogens (tertiary/aromatic N) is 2. The van der Waals surface area contributed by atoms with Crippen molar-refractivity contribution < 1.29 is 26.3 Å². The van der Waals surface area contributed by atoms with Gasteiger partial charge >= 0.3 is 12.4 Å². The molecule has 9 heteroatoms. The summed E-state index contributed by atoms with van der Waals surface area (Å²) in [7, 11) is 0. The van der Waals surface area contributed by atoms with E-state index in [-0.39, 0.29) is 11.3 Å². The molecule has 0 fully saturated rings. The molecule has 0 aliphatic heterocycles. The Kier molecular flexibility index (Phi) is 3.70. The van der Waals surface area contributed by atoms with Crippen LogP contribution in [0.3, 0.4) is 0 Å². The van der Waals surface area contributed by atoms with Crippen LogP contribution in [0.15, 0.2) is 30.5 Å². The van der Waals surface area contributed by atoms with Gasteiger partial charge in [-0.15, -0.1) is 0 Å². The van der Waals surface area contributed by atoms with E-state index in [0.717, 1.165) is 24.4 Å². The minimum Gasteiger partial charge on any atom is -0.326 e. The van der Waals surface area contributed by atoms with Crippen molar-refractivity contribution >= 4 is 0 Å². The average molecular weight is 309 g/mol. The molecule has 21 heavy (non-hydrogen) atoms. The highest BCUT2D eigenvalue weighted by Crippen LogP contribution is 2.35. The molecule has 1 aromatic carbocycles. The van der Waals surface area contributed by atoms with Gasteiger partial charge in [0, 0.05) is 12.1 Å². The molecule has 0 saturated heterocycles. The van der Waals surface area contributed by atoms with Crippen LogP contribution in [0.1, 0.15) is 16.8 Å². The second-order valence-corrected chi connectivity index (χ2v) is 4.18. The molecule has 3 nitrogen and oxygen atoms in total. The topological polar surface area (TPSA) is 43.8 Å². The first-order valence-corrected chi connectivity index (χ1v) is 5.66. The van der Waals surface area contributed by atoms with Crippen LogP contribution >= 0.6 is 0 Å². The van der Waals surface area contributed by atoms with Crippen LogP contribution in [0.25, 0.3) is 5.69 Å². The molecule has 1 heterocycles. The van der Waals surface area contributed by atoms with Crippen LogP contribution in [-0.4, -0.2) is 9.78 Å². The van der Waals surface area contributed by atoms with E-state index >= 15 is 0 Å². The van der Waals surface area contributed by atoms with E-state index in [0.29, 0.717) is 10.7 Å². The third-order valence-corrected chi connectivity index (χ3v) is 2.75. The molecular formula is C12H9F6N3. The highest BCUT2D eigenvalue weighted by molar-refractivity contribution is 5.40. The van der Waals surface area contributed by atoms with E-state index in [2.05, 4.69) is 5.10 Å².